The maximum Gasteiger partial charge on any atom is 0.246 e. The zero-order valence-electron chi connectivity index (χ0n) is 15.7. The summed E-state index contributed by atoms with van der Waals surface area (Å²) in [7, 11) is -3.52. The summed E-state index contributed by atoms with van der Waals surface area (Å²) < 4.78 is 30.4. The molecule has 1 aromatic heterocycles. The van der Waals surface area contributed by atoms with E-state index in [1.54, 1.807) is 4.31 Å². The van der Waals surface area contributed by atoms with Gasteiger partial charge in [-0.25, -0.2) is 8.42 Å². The lowest BCUT2D eigenvalue weighted by Gasteiger charge is -2.33. The number of nitrogens with zero attached hydrogens (tertiary/aromatic N) is 3. The fourth-order valence-corrected chi connectivity index (χ4v) is 5.66. The first kappa shape index (κ1) is 19.4. The molecule has 0 saturated carbocycles. The first-order chi connectivity index (χ1) is 11.3. The zero-order valence-corrected chi connectivity index (χ0v) is 16.5. The molecule has 1 saturated heterocycles. The van der Waals surface area contributed by atoms with Gasteiger partial charge in [0.1, 0.15) is 4.90 Å². The summed E-state index contributed by atoms with van der Waals surface area (Å²) in [6, 6.07) is 0.0865. The maximum absolute atomic E-state index is 13.4. The quantitative estimate of drug-likeness (QED) is 0.814. The van der Waals surface area contributed by atoms with E-state index in [0.717, 1.165) is 44.6 Å². The summed E-state index contributed by atoms with van der Waals surface area (Å²) in [5.74, 6) is 0.426. The third kappa shape index (κ3) is 4.00. The van der Waals surface area contributed by atoms with Gasteiger partial charge in [0.05, 0.1) is 11.4 Å². The Morgan fingerprint density at radius 3 is 2.46 bits per heavy atom. The number of hydrogen-bond acceptors (Lipinski definition) is 4. The van der Waals surface area contributed by atoms with Crippen LogP contribution in [0.25, 0.3) is 0 Å². The lowest BCUT2D eigenvalue weighted by molar-refractivity contribution is 0.262. The molecule has 7 heteroatoms. The third-order valence-corrected chi connectivity index (χ3v) is 6.78. The lowest BCUT2D eigenvalue weighted by atomic mass is 10.1. The van der Waals surface area contributed by atoms with Crippen molar-refractivity contribution in [2.75, 3.05) is 19.6 Å². The molecule has 0 amide bonds. The van der Waals surface area contributed by atoms with E-state index in [1.165, 1.54) is 0 Å². The van der Waals surface area contributed by atoms with E-state index in [9.17, 15) is 8.42 Å². The minimum absolute atomic E-state index is 0.0865. The van der Waals surface area contributed by atoms with E-state index in [2.05, 4.69) is 24.3 Å². The van der Waals surface area contributed by atoms with Crippen molar-refractivity contribution >= 4 is 10.0 Å². The zero-order chi connectivity index (χ0) is 17.9. The molecule has 1 aromatic rings. The van der Waals surface area contributed by atoms with Crippen molar-refractivity contribution in [1.82, 2.24) is 19.4 Å². The second-order valence-corrected chi connectivity index (χ2v) is 9.00. The average Bonchev–Trinajstić information content (AvgIpc) is 2.79. The Bertz CT molecular complexity index is 646. The summed E-state index contributed by atoms with van der Waals surface area (Å²) in [5.41, 5.74) is 1.37. The summed E-state index contributed by atoms with van der Waals surface area (Å²) in [6.45, 7) is 13.0. The van der Waals surface area contributed by atoms with Crippen LogP contribution >= 0.6 is 0 Å². The van der Waals surface area contributed by atoms with E-state index in [1.807, 2.05) is 25.5 Å². The maximum atomic E-state index is 13.4. The van der Waals surface area contributed by atoms with Gasteiger partial charge in [-0.15, -0.1) is 0 Å². The van der Waals surface area contributed by atoms with Crippen molar-refractivity contribution in [3.05, 3.63) is 11.4 Å². The predicted molar refractivity (Wildman–Crippen MR) is 96.6 cm³/mol. The molecule has 6 nitrogen and oxygen atoms in total. The highest BCUT2D eigenvalue weighted by Gasteiger charge is 2.35. The number of rotatable bonds is 7. The SMILES string of the molecule is CCCN(C1CCNCC1)S(=O)(=O)c1c(C)nn(CC(C)C)c1C. The van der Waals surface area contributed by atoms with Gasteiger partial charge in [-0.2, -0.15) is 9.40 Å². The van der Waals surface area contributed by atoms with Crippen LogP contribution in [0.5, 0.6) is 0 Å². The topological polar surface area (TPSA) is 67.2 Å². The number of sulfonamides is 1. The summed E-state index contributed by atoms with van der Waals surface area (Å²) in [5, 5.41) is 7.82. The first-order valence-corrected chi connectivity index (χ1v) is 10.5. The van der Waals surface area contributed by atoms with Gasteiger partial charge in [0, 0.05) is 19.1 Å². The van der Waals surface area contributed by atoms with E-state index < -0.39 is 10.0 Å². The van der Waals surface area contributed by atoms with Crippen LogP contribution < -0.4 is 5.32 Å². The van der Waals surface area contributed by atoms with Crippen LogP contribution in [0.4, 0.5) is 0 Å². The smallest absolute Gasteiger partial charge is 0.246 e. The van der Waals surface area contributed by atoms with Crippen LogP contribution in [-0.2, 0) is 16.6 Å². The van der Waals surface area contributed by atoms with Crippen LogP contribution in [0.2, 0.25) is 0 Å². The van der Waals surface area contributed by atoms with Crippen molar-refractivity contribution < 1.29 is 8.42 Å². The predicted octanol–water partition coefficient (Wildman–Crippen LogP) is 2.31. The molecule has 24 heavy (non-hydrogen) atoms. The van der Waals surface area contributed by atoms with Gasteiger partial charge in [0.25, 0.3) is 0 Å². The number of piperidine rings is 1. The minimum Gasteiger partial charge on any atom is -0.317 e. The molecule has 1 aliphatic heterocycles. The molecule has 0 radical (unpaired) electrons. The molecule has 0 spiro atoms. The van der Waals surface area contributed by atoms with E-state index >= 15 is 0 Å². The van der Waals surface area contributed by atoms with Crippen molar-refractivity contribution in [3.8, 4) is 0 Å². The molecular weight excluding hydrogens is 324 g/mol. The second kappa shape index (κ2) is 7.97. The first-order valence-electron chi connectivity index (χ1n) is 9.05. The Kier molecular flexibility index (Phi) is 6.45. The van der Waals surface area contributed by atoms with Crippen molar-refractivity contribution in [2.45, 2.75) is 71.4 Å². The Hall–Kier alpha value is -0.920. The van der Waals surface area contributed by atoms with E-state index in [4.69, 9.17) is 0 Å². The fraction of sp³-hybridized carbons (Fsp3) is 0.824. The number of aryl methyl sites for hydroxylation is 1. The molecule has 0 bridgehead atoms. The highest BCUT2D eigenvalue weighted by atomic mass is 32.2. The highest BCUT2D eigenvalue weighted by molar-refractivity contribution is 7.89. The van der Waals surface area contributed by atoms with Crippen LogP contribution in [0.15, 0.2) is 4.90 Å². The molecule has 0 unspecified atom stereocenters. The van der Waals surface area contributed by atoms with Gasteiger partial charge in [0.2, 0.25) is 10.0 Å². The normalized spacial score (nSPS) is 17.1. The molecule has 1 aliphatic rings. The van der Waals surface area contributed by atoms with Gasteiger partial charge in [-0.1, -0.05) is 20.8 Å². The third-order valence-electron chi connectivity index (χ3n) is 4.58. The molecular formula is C17H32N4O2S. The molecule has 1 N–H and O–H groups in total. The Morgan fingerprint density at radius 2 is 1.92 bits per heavy atom. The van der Waals surface area contributed by atoms with Crippen LogP contribution in [0, 0.1) is 19.8 Å². The van der Waals surface area contributed by atoms with Crippen molar-refractivity contribution in [3.63, 3.8) is 0 Å². The van der Waals surface area contributed by atoms with E-state index in [-0.39, 0.29) is 6.04 Å². The Balaban J connectivity index is 2.41. The summed E-state index contributed by atoms with van der Waals surface area (Å²) in [4.78, 5) is 0.412. The number of nitrogens with one attached hydrogen (secondary N) is 1. The van der Waals surface area contributed by atoms with Gasteiger partial charge in [-0.3, -0.25) is 4.68 Å². The average molecular weight is 357 g/mol. The summed E-state index contributed by atoms with van der Waals surface area (Å²) >= 11 is 0. The lowest BCUT2D eigenvalue weighted by Crippen LogP contribution is -2.46. The molecule has 2 rings (SSSR count). The van der Waals surface area contributed by atoms with Crippen molar-refractivity contribution in [1.29, 1.82) is 0 Å². The number of hydrogen-bond donors (Lipinski definition) is 1. The summed E-state index contributed by atoms with van der Waals surface area (Å²) in [6.07, 6.45) is 2.57. The minimum atomic E-state index is -3.52. The van der Waals surface area contributed by atoms with E-state index in [0.29, 0.717) is 23.1 Å². The molecule has 0 aliphatic carbocycles. The highest BCUT2D eigenvalue weighted by Crippen LogP contribution is 2.28. The second-order valence-electron chi connectivity index (χ2n) is 7.17. The van der Waals surface area contributed by atoms with Gasteiger partial charge in [0.15, 0.2) is 0 Å². The van der Waals surface area contributed by atoms with Crippen LogP contribution in [0.3, 0.4) is 0 Å². The Morgan fingerprint density at radius 1 is 1.29 bits per heavy atom. The fourth-order valence-electron chi connectivity index (χ4n) is 3.51. The molecule has 0 atom stereocenters. The van der Waals surface area contributed by atoms with Gasteiger partial charge < -0.3 is 5.32 Å². The molecule has 2 heterocycles. The monoisotopic (exact) mass is 356 g/mol. The molecule has 0 aromatic carbocycles. The van der Waals surface area contributed by atoms with Gasteiger partial charge in [-0.05, 0) is 52.1 Å². The van der Waals surface area contributed by atoms with Crippen LogP contribution in [0.1, 0.15) is 51.4 Å². The molecule has 1 fully saturated rings. The molecule has 138 valence electrons. The Labute approximate surface area is 146 Å². The van der Waals surface area contributed by atoms with Crippen molar-refractivity contribution in [2.24, 2.45) is 5.92 Å². The largest absolute Gasteiger partial charge is 0.317 e. The number of aromatic nitrogens is 2. The standard InChI is InChI=1S/C17H32N4O2S/c1-6-11-21(16-7-9-18-10-8-16)24(22,23)17-14(4)19-20(15(17)5)12-13(2)3/h13,16,18H,6-12H2,1-5H3. The van der Waals surface area contributed by atoms with Crippen LogP contribution in [-0.4, -0.2) is 48.2 Å². The van der Waals surface area contributed by atoms with Gasteiger partial charge >= 0.3 is 0 Å².